The predicted octanol–water partition coefficient (Wildman–Crippen LogP) is 3.15. The minimum Gasteiger partial charge on any atom is -0.479 e. The lowest BCUT2D eigenvalue weighted by atomic mass is 9.73. The smallest absolute Gasteiger partial charge is 0.329 e. The average molecular weight is 290 g/mol. The van der Waals surface area contributed by atoms with Crippen molar-refractivity contribution >= 4 is 17.7 Å². The molecule has 0 bridgehead atoms. The quantitative estimate of drug-likeness (QED) is 0.800. The molecule has 0 radical (unpaired) electrons. The molecule has 0 heterocycles. The molecule has 0 aliphatic heterocycles. The van der Waals surface area contributed by atoms with E-state index in [1.807, 2.05) is 32.0 Å². The largest absolute Gasteiger partial charge is 0.479 e. The van der Waals surface area contributed by atoms with Crippen molar-refractivity contribution in [2.24, 2.45) is 5.92 Å². The van der Waals surface area contributed by atoms with Gasteiger partial charge in [-0.1, -0.05) is 31.9 Å². The highest BCUT2D eigenvalue weighted by atomic mass is 16.4. The van der Waals surface area contributed by atoms with E-state index >= 15 is 0 Å². The van der Waals surface area contributed by atoms with Gasteiger partial charge in [0.25, 0.3) is 0 Å². The number of carboxylic acid groups (broad SMARTS) is 1. The molecule has 1 aromatic rings. The Morgan fingerprint density at radius 2 is 2.10 bits per heavy atom. The molecule has 0 aromatic heterocycles. The fourth-order valence-electron chi connectivity index (χ4n) is 2.99. The number of carbonyl (C=O) groups excluding carboxylic acids is 1. The minimum atomic E-state index is -1.16. The molecule has 0 saturated heterocycles. The summed E-state index contributed by atoms with van der Waals surface area (Å²) in [5.41, 5.74) is 0.537. The summed E-state index contributed by atoms with van der Waals surface area (Å²) >= 11 is 0. The minimum absolute atomic E-state index is 0.0768. The molecule has 1 saturated carbocycles. The molecule has 0 spiro atoms. The Morgan fingerprint density at radius 1 is 1.33 bits per heavy atom. The Hall–Kier alpha value is -2.04. The Bertz CT molecular complexity index is 544. The van der Waals surface area contributed by atoms with Crippen LogP contribution in [0.5, 0.6) is 0 Å². The van der Waals surface area contributed by atoms with Crippen molar-refractivity contribution in [2.75, 3.05) is 5.32 Å². The van der Waals surface area contributed by atoms with E-state index in [1.54, 1.807) is 6.07 Å². The van der Waals surface area contributed by atoms with Crippen LogP contribution in [0, 0.1) is 12.8 Å². The molecule has 1 fully saturated rings. The van der Waals surface area contributed by atoms with Crippen LogP contribution < -0.4 is 10.6 Å². The van der Waals surface area contributed by atoms with Crippen LogP contribution in [0.15, 0.2) is 24.3 Å². The molecule has 1 aromatic carbocycles. The first-order valence-electron chi connectivity index (χ1n) is 7.33. The molecule has 114 valence electrons. The lowest BCUT2D eigenvalue weighted by Crippen LogP contribution is -2.60. The molecule has 5 nitrogen and oxygen atoms in total. The van der Waals surface area contributed by atoms with Crippen LogP contribution in [0.1, 0.15) is 38.2 Å². The van der Waals surface area contributed by atoms with E-state index in [2.05, 4.69) is 10.6 Å². The highest BCUT2D eigenvalue weighted by molar-refractivity contribution is 5.94. The van der Waals surface area contributed by atoms with E-state index in [1.165, 1.54) is 0 Å². The van der Waals surface area contributed by atoms with Crippen LogP contribution in [-0.2, 0) is 4.79 Å². The zero-order valence-electron chi connectivity index (χ0n) is 12.5. The third-order valence-corrected chi connectivity index (χ3v) is 4.29. The van der Waals surface area contributed by atoms with Crippen LogP contribution in [-0.4, -0.2) is 22.6 Å². The first kappa shape index (κ1) is 15.4. The first-order valence-corrected chi connectivity index (χ1v) is 7.33. The van der Waals surface area contributed by atoms with Crippen molar-refractivity contribution in [1.29, 1.82) is 0 Å². The molecule has 3 N–H and O–H groups in total. The maximum absolute atomic E-state index is 12.2. The maximum Gasteiger partial charge on any atom is 0.329 e. The molecule has 21 heavy (non-hydrogen) atoms. The van der Waals surface area contributed by atoms with Crippen LogP contribution in [0.2, 0.25) is 0 Å². The molecule has 1 aliphatic rings. The van der Waals surface area contributed by atoms with Gasteiger partial charge in [-0.15, -0.1) is 0 Å². The number of amides is 2. The lowest BCUT2D eigenvalue weighted by molar-refractivity contribution is -0.148. The number of hydrogen-bond donors (Lipinski definition) is 3. The number of carboxylic acids is 1. The highest BCUT2D eigenvalue weighted by Crippen LogP contribution is 2.34. The fraction of sp³-hybridized carbons (Fsp3) is 0.500. The second kappa shape index (κ2) is 6.16. The summed E-state index contributed by atoms with van der Waals surface area (Å²) in [5, 5.41) is 15.0. The second-order valence-electron chi connectivity index (χ2n) is 5.87. The number of aryl methyl sites for hydroxylation is 1. The van der Waals surface area contributed by atoms with Crippen molar-refractivity contribution in [1.82, 2.24) is 5.32 Å². The summed E-state index contributed by atoms with van der Waals surface area (Å²) in [7, 11) is 0. The van der Waals surface area contributed by atoms with E-state index in [9.17, 15) is 14.7 Å². The Kier molecular flexibility index (Phi) is 4.50. The predicted molar refractivity (Wildman–Crippen MR) is 81.3 cm³/mol. The third kappa shape index (κ3) is 3.35. The van der Waals surface area contributed by atoms with Gasteiger partial charge in [0.15, 0.2) is 0 Å². The second-order valence-corrected chi connectivity index (χ2v) is 5.87. The normalized spacial score (nSPS) is 25.1. The van der Waals surface area contributed by atoms with Crippen molar-refractivity contribution < 1.29 is 14.7 Å². The average Bonchev–Trinajstić information content (AvgIpc) is 2.41. The summed E-state index contributed by atoms with van der Waals surface area (Å²) in [4.78, 5) is 23.8. The zero-order chi connectivity index (χ0) is 15.5. The molecule has 1 aliphatic carbocycles. The molecular formula is C16H22N2O3. The Balaban J connectivity index is 2.10. The Labute approximate surface area is 124 Å². The van der Waals surface area contributed by atoms with Gasteiger partial charge in [-0.2, -0.15) is 0 Å². The van der Waals surface area contributed by atoms with E-state index in [-0.39, 0.29) is 5.92 Å². The monoisotopic (exact) mass is 290 g/mol. The summed E-state index contributed by atoms with van der Waals surface area (Å²) in [6.45, 7) is 3.82. The number of benzene rings is 1. The number of urea groups is 1. The molecule has 2 amide bonds. The van der Waals surface area contributed by atoms with Crippen molar-refractivity contribution in [3.63, 3.8) is 0 Å². The summed E-state index contributed by atoms with van der Waals surface area (Å²) in [6, 6.07) is 6.95. The standard InChI is InChI=1S/C16H22N2O3/c1-11-6-5-8-13(10-11)17-15(21)18-16(14(19)20)9-4-3-7-12(16)2/h5-6,8,10,12H,3-4,7,9H2,1-2H3,(H,19,20)(H2,17,18,21). The summed E-state index contributed by atoms with van der Waals surface area (Å²) in [5.74, 6) is -1.03. The molecule has 2 unspecified atom stereocenters. The van der Waals surface area contributed by atoms with Crippen LogP contribution >= 0.6 is 0 Å². The summed E-state index contributed by atoms with van der Waals surface area (Å²) < 4.78 is 0. The maximum atomic E-state index is 12.2. The number of carbonyl (C=O) groups is 2. The number of hydrogen-bond acceptors (Lipinski definition) is 2. The lowest BCUT2D eigenvalue weighted by Gasteiger charge is -2.39. The summed E-state index contributed by atoms with van der Waals surface area (Å²) in [6.07, 6.45) is 3.13. The van der Waals surface area contributed by atoms with Gasteiger partial charge < -0.3 is 15.7 Å². The van der Waals surface area contributed by atoms with Crippen LogP contribution in [0.25, 0.3) is 0 Å². The van der Waals surface area contributed by atoms with Gasteiger partial charge in [-0.05, 0) is 43.4 Å². The van der Waals surface area contributed by atoms with Crippen molar-refractivity contribution in [3.05, 3.63) is 29.8 Å². The highest BCUT2D eigenvalue weighted by Gasteiger charge is 2.46. The van der Waals surface area contributed by atoms with Gasteiger partial charge in [0, 0.05) is 5.69 Å². The number of aliphatic carboxylic acids is 1. The van der Waals surface area contributed by atoms with E-state index in [0.29, 0.717) is 12.1 Å². The van der Waals surface area contributed by atoms with Gasteiger partial charge >= 0.3 is 12.0 Å². The van der Waals surface area contributed by atoms with Gasteiger partial charge in [0.05, 0.1) is 0 Å². The third-order valence-electron chi connectivity index (χ3n) is 4.29. The van der Waals surface area contributed by atoms with Crippen molar-refractivity contribution in [3.8, 4) is 0 Å². The SMILES string of the molecule is Cc1cccc(NC(=O)NC2(C(=O)O)CCCCC2C)c1. The first-order chi connectivity index (χ1) is 9.94. The molecule has 5 heteroatoms. The van der Waals surface area contributed by atoms with Crippen molar-refractivity contribution in [2.45, 2.75) is 45.1 Å². The topological polar surface area (TPSA) is 78.4 Å². The van der Waals surface area contributed by atoms with Crippen LogP contribution in [0.3, 0.4) is 0 Å². The van der Waals surface area contributed by atoms with Gasteiger partial charge in [0.2, 0.25) is 0 Å². The molecule has 2 rings (SSSR count). The van der Waals surface area contributed by atoms with E-state index in [0.717, 1.165) is 24.8 Å². The Morgan fingerprint density at radius 3 is 2.71 bits per heavy atom. The fourth-order valence-corrected chi connectivity index (χ4v) is 2.99. The number of anilines is 1. The molecular weight excluding hydrogens is 268 g/mol. The zero-order valence-corrected chi connectivity index (χ0v) is 12.5. The van der Waals surface area contributed by atoms with Gasteiger partial charge in [0.1, 0.15) is 5.54 Å². The van der Waals surface area contributed by atoms with Gasteiger partial charge in [-0.3, -0.25) is 0 Å². The number of rotatable bonds is 3. The van der Waals surface area contributed by atoms with E-state index in [4.69, 9.17) is 0 Å². The molecule has 2 atom stereocenters. The van der Waals surface area contributed by atoms with Crippen LogP contribution in [0.4, 0.5) is 10.5 Å². The van der Waals surface area contributed by atoms with E-state index < -0.39 is 17.5 Å². The number of nitrogens with one attached hydrogen (secondary N) is 2. The van der Waals surface area contributed by atoms with Gasteiger partial charge in [-0.25, -0.2) is 9.59 Å².